The first-order chi connectivity index (χ1) is 5.97. The zero-order valence-corrected chi connectivity index (χ0v) is 12.3. The number of nitrogens with zero attached hydrogens (tertiary/aromatic N) is 2. The van der Waals surface area contributed by atoms with E-state index in [1.807, 2.05) is 36.4 Å². The molecule has 3 radical (unpaired) electrons. The van der Waals surface area contributed by atoms with Gasteiger partial charge in [0.1, 0.15) is 0 Å². The van der Waals surface area contributed by atoms with Crippen molar-refractivity contribution in [2.75, 3.05) is 0 Å². The zero-order chi connectivity index (χ0) is 8.23. The van der Waals surface area contributed by atoms with Crippen LogP contribution in [0.4, 0.5) is 0 Å². The minimum Gasteiger partial charge on any atom is -1.00 e. The molecule has 0 unspecified atom stereocenters. The molecule has 8 N–H and O–H groups in total. The van der Waals surface area contributed by atoms with Crippen molar-refractivity contribution in [3.05, 3.63) is 48.8 Å². The maximum atomic E-state index is 4.19. The topological polar surface area (TPSA) is 123 Å². The second kappa shape index (κ2) is 19.0. The van der Waals surface area contributed by atoms with E-state index in [0.29, 0.717) is 0 Å². The standard InChI is InChI=1S/C10H8N2.3FH.Ga.3H2O/c1-3-7-11-9(5-1)10-6-2-4-8-12-10;;;;;;;/h1-8H;3*1H;;3*1H2/p-1. The molecule has 19 heavy (non-hydrogen) atoms. The van der Waals surface area contributed by atoms with Gasteiger partial charge in [-0.2, -0.15) is 0 Å². The maximum Gasteiger partial charge on any atom is 0.0886 e. The molecule has 0 amide bonds. The van der Waals surface area contributed by atoms with Crippen LogP contribution < -0.4 is 14.1 Å². The number of rotatable bonds is 1. The molecule has 2 heterocycles. The largest absolute Gasteiger partial charge is 1.00 e. The van der Waals surface area contributed by atoms with Crippen molar-refractivity contribution in [2.45, 2.75) is 0 Å². The zero-order valence-electron chi connectivity index (χ0n) is 9.88. The Labute approximate surface area is 121 Å². The monoisotopic (exact) mass is 338 g/mol. The Hall–Kier alpha value is -1.39. The molecular formula is C10H16F3GaN2O3-. The Bertz CT molecular complexity index is 333. The van der Waals surface area contributed by atoms with Gasteiger partial charge in [-0.15, -0.1) is 0 Å². The number of halogens is 3. The van der Waals surface area contributed by atoms with Gasteiger partial charge in [0.15, 0.2) is 0 Å². The van der Waals surface area contributed by atoms with Gasteiger partial charge < -0.3 is 30.5 Å². The molecule has 0 aromatic carbocycles. The molecule has 0 spiro atoms. The van der Waals surface area contributed by atoms with Crippen LogP contribution in [-0.2, 0) is 11.0 Å². The molecule has 0 saturated carbocycles. The third kappa shape index (κ3) is 10.2. The van der Waals surface area contributed by atoms with Crippen LogP contribution in [0.15, 0.2) is 48.8 Å². The summed E-state index contributed by atoms with van der Waals surface area (Å²) < 4.78 is 0. The van der Waals surface area contributed by atoms with Crippen LogP contribution >= 0.6 is 0 Å². The first-order valence-electron chi connectivity index (χ1n) is 3.79. The molecule has 9 heteroatoms. The fourth-order valence-electron chi connectivity index (χ4n) is 1.03. The summed E-state index contributed by atoms with van der Waals surface area (Å²) in [4.78, 5) is 8.37. The summed E-state index contributed by atoms with van der Waals surface area (Å²) in [5.74, 6) is 0. The summed E-state index contributed by atoms with van der Waals surface area (Å²) in [7, 11) is 0. The van der Waals surface area contributed by atoms with E-state index in [1.165, 1.54) is 0 Å². The van der Waals surface area contributed by atoms with Crippen LogP contribution in [0.3, 0.4) is 0 Å². The van der Waals surface area contributed by atoms with Crippen LogP contribution in [0.25, 0.3) is 11.4 Å². The van der Waals surface area contributed by atoms with Crippen LogP contribution in [-0.4, -0.2) is 35.2 Å². The summed E-state index contributed by atoms with van der Waals surface area (Å²) in [6.07, 6.45) is 3.54. The van der Waals surface area contributed by atoms with E-state index in [0.717, 1.165) is 11.4 Å². The Morgan fingerprint density at radius 3 is 1.16 bits per heavy atom. The molecule has 2 aromatic rings. The van der Waals surface area contributed by atoms with Gasteiger partial charge in [0.05, 0.1) is 11.4 Å². The predicted molar refractivity (Wildman–Crippen MR) is 66.6 cm³/mol. The number of hydrogen-bond acceptors (Lipinski definition) is 2. The Morgan fingerprint density at radius 1 is 0.632 bits per heavy atom. The van der Waals surface area contributed by atoms with Crippen molar-refractivity contribution in [2.24, 2.45) is 0 Å². The molecule has 2 aromatic heterocycles. The van der Waals surface area contributed by atoms with Crippen molar-refractivity contribution in [3.63, 3.8) is 0 Å². The van der Waals surface area contributed by atoms with Gasteiger partial charge in [-0.05, 0) is 24.3 Å². The van der Waals surface area contributed by atoms with Crippen molar-refractivity contribution in [1.82, 2.24) is 9.97 Å². The van der Waals surface area contributed by atoms with E-state index in [4.69, 9.17) is 0 Å². The first kappa shape index (κ1) is 36.0. The molecule has 5 nitrogen and oxygen atoms in total. The van der Waals surface area contributed by atoms with E-state index in [1.54, 1.807) is 12.4 Å². The first-order valence-corrected chi connectivity index (χ1v) is 3.79. The summed E-state index contributed by atoms with van der Waals surface area (Å²) >= 11 is 0. The second-order valence-electron chi connectivity index (χ2n) is 2.43. The number of aromatic nitrogens is 2. The number of hydrogen-bond donors (Lipinski definition) is 0. The van der Waals surface area contributed by atoms with Crippen LogP contribution in [0, 0.1) is 0 Å². The van der Waals surface area contributed by atoms with Gasteiger partial charge in [0.2, 0.25) is 0 Å². The maximum absolute atomic E-state index is 4.19. The minimum atomic E-state index is 0. The molecular weight excluding hydrogens is 323 g/mol. The van der Waals surface area contributed by atoms with Crippen molar-refractivity contribution >= 4 is 19.8 Å². The van der Waals surface area contributed by atoms with Crippen molar-refractivity contribution < 1.29 is 30.5 Å². The third-order valence-corrected chi connectivity index (χ3v) is 1.59. The summed E-state index contributed by atoms with van der Waals surface area (Å²) in [6.45, 7) is 0. The van der Waals surface area contributed by atoms with Gasteiger partial charge in [-0.25, -0.2) is 0 Å². The summed E-state index contributed by atoms with van der Waals surface area (Å²) in [6, 6.07) is 11.6. The van der Waals surface area contributed by atoms with E-state index in [9.17, 15) is 0 Å². The van der Waals surface area contributed by atoms with Gasteiger partial charge in [0, 0.05) is 32.2 Å². The molecule has 0 aliphatic carbocycles. The van der Waals surface area contributed by atoms with Gasteiger partial charge in [0.25, 0.3) is 0 Å². The molecule has 109 valence electrons. The molecule has 0 saturated heterocycles. The normalized spacial score (nSPS) is 6.11. The second-order valence-corrected chi connectivity index (χ2v) is 2.43. The van der Waals surface area contributed by atoms with Gasteiger partial charge in [-0.3, -0.25) is 9.97 Å². The Kier molecular flexibility index (Phi) is 36.0. The Morgan fingerprint density at radius 2 is 0.947 bits per heavy atom. The molecule has 0 atom stereocenters. The summed E-state index contributed by atoms with van der Waals surface area (Å²) in [5, 5.41) is 0. The van der Waals surface area contributed by atoms with Crippen LogP contribution in [0.5, 0.6) is 0 Å². The Balaban J connectivity index is -0.0000000604. The average Bonchev–Trinajstić information content (AvgIpc) is 2.21. The SMILES string of the molecule is O.[F-].[F-].[F-].[Ga].[OH3+].[OH3+].c1ccc(-c2ccccn2)nc1. The minimum absolute atomic E-state index is 0. The number of pyridine rings is 2. The van der Waals surface area contributed by atoms with Crippen LogP contribution in [0.1, 0.15) is 0 Å². The quantitative estimate of drug-likeness (QED) is 0.378. The van der Waals surface area contributed by atoms with Crippen molar-refractivity contribution in [1.29, 1.82) is 0 Å². The van der Waals surface area contributed by atoms with Gasteiger partial charge >= 0.3 is 0 Å². The molecule has 2 rings (SSSR count). The third-order valence-electron chi connectivity index (χ3n) is 1.59. The van der Waals surface area contributed by atoms with E-state index < -0.39 is 0 Å². The molecule has 0 fully saturated rings. The van der Waals surface area contributed by atoms with E-state index in [2.05, 4.69) is 9.97 Å². The molecule has 0 aliphatic heterocycles. The van der Waals surface area contributed by atoms with E-state index in [-0.39, 0.29) is 50.3 Å². The fraction of sp³-hybridized carbons (Fsp3) is 0. The molecule has 0 aliphatic rings. The molecule has 0 bridgehead atoms. The summed E-state index contributed by atoms with van der Waals surface area (Å²) in [5.41, 5.74) is 1.83. The predicted octanol–water partition coefficient (Wildman–Crippen LogP) is -9.89. The van der Waals surface area contributed by atoms with Crippen molar-refractivity contribution in [3.8, 4) is 11.4 Å². The smallest absolute Gasteiger partial charge is 0.0886 e. The van der Waals surface area contributed by atoms with Gasteiger partial charge in [-0.1, -0.05) is 12.1 Å². The average molecular weight is 339 g/mol. The van der Waals surface area contributed by atoms with Crippen LogP contribution in [0.2, 0.25) is 0 Å². The van der Waals surface area contributed by atoms with E-state index >= 15 is 0 Å². The fourth-order valence-corrected chi connectivity index (χ4v) is 1.03.